The van der Waals surface area contributed by atoms with Crippen molar-refractivity contribution in [1.29, 1.82) is 0 Å². The number of nitrogens with zero attached hydrogens (tertiary/aromatic N) is 2. The number of pyridine rings is 1. The number of hydrogen-bond acceptors (Lipinski definition) is 4. The number of aryl methyl sites for hydroxylation is 1. The average molecular weight is 423 g/mol. The van der Waals surface area contributed by atoms with E-state index in [1.54, 1.807) is 12.4 Å². The lowest BCUT2D eigenvalue weighted by molar-refractivity contribution is -0.128. The van der Waals surface area contributed by atoms with Crippen molar-refractivity contribution in [2.45, 2.75) is 59.0 Å². The minimum absolute atomic E-state index is 0.0932. The molecule has 1 aliphatic heterocycles. The van der Waals surface area contributed by atoms with Crippen LogP contribution in [-0.2, 0) is 11.3 Å². The molecule has 6 nitrogen and oxygen atoms in total. The maximum absolute atomic E-state index is 12.5. The van der Waals surface area contributed by atoms with Crippen molar-refractivity contribution < 1.29 is 9.59 Å². The highest BCUT2D eigenvalue weighted by atomic mass is 16.2. The van der Waals surface area contributed by atoms with Gasteiger partial charge in [-0.05, 0) is 82.4 Å². The molecule has 31 heavy (non-hydrogen) atoms. The summed E-state index contributed by atoms with van der Waals surface area (Å²) in [5, 5.41) is 6.14. The normalized spacial score (nSPS) is 15.5. The van der Waals surface area contributed by atoms with Crippen LogP contribution in [0.1, 0.15) is 61.5 Å². The van der Waals surface area contributed by atoms with E-state index in [-0.39, 0.29) is 23.3 Å². The predicted molar refractivity (Wildman–Crippen MR) is 124 cm³/mol. The fourth-order valence-corrected chi connectivity index (χ4v) is 3.77. The van der Waals surface area contributed by atoms with E-state index in [1.807, 2.05) is 31.2 Å². The molecule has 2 amide bonds. The van der Waals surface area contributed by atoms with Crippen molar-refractivity contribution in [3.8, 4) is 0 Å². The molecule has 1 fully saturated rings. The van der Waals surface area contributed by atoms with E-state index < -0.39 is 0 Å². The molecule has 2 heterocycles. The van der Waals surface area contributed by atoms with Crippen LogP contribution < -0.4 is 10.6 Å². The SMILES string of the molecule is CCC(C)(C)NC(=O)C1CCN(Cc2cccc(NC(=O)c3cncc(C)c3)c2)CC1. The summed E-state index contributed by atoms with van der Waals surface area (Å²) in [6.45, 7) is 10.8. The van der Waals surface area contributed by atoms with Gasteiger partial charge in [-0.25, -0.2) is 0 Å². The Morgan fingerprint density at radius 2 is 1.90 bits per heavy atom. The number of aromatic nitrogens is 1. The van der Waals surface area contributed by atoms with Gasteiger partial charge >= 0.3 is 0 Å². The minimum Gasteiger partial charge on any atom is -0.351 e. The fraction of sp³-hybridized carbons (Fsp3) is 0.480. The number of piperidine rings is 1. The molecule has 0 atom stereocenters. The number of likely N-dealkylation sites (tertiary alicyclic amines) is 1. The van der Waals surface area contributed by atoms with Gasteiger partial charge in [-0.15, -0.1) is 0 Å². The molecule has 0 aliphatic carbocycles. The largest absolute Gasteiger partial charge is 0.351 e. The van der Waals surface area contributed by atoms with Crippen molar-refractivity contribution in [2.24, 2.45) is 5.92 Å². The van der Waals surface area contributed by atoms with Gasteiger partial charge in [-0.3, -0.25) is 19.5 Å². The molecular weight excluding hydrogens is 388 g/mol. The maximum Gasteiger partial charge on any atom is 0.257 e. The number of nitrogens with one attached hydrogen (secondary N) is 2. The summed E-state index contributed by atoms with van der Waals surface area (Å²) < 4.78 is 0. The molecule has 166 valence electrons. The molecule has 1 aromatic heterocycles. The zero-order valence-electron chi connectivity index (χ0n) is 19.1. The zero-order chi connectivity index (χ0) is 22.4. The van der Waals surface area contributed by atoms with Gasteiger partial charge < -0.3 is 10.6 Å². The molecule has 2 aromatic rings. The smallest absolute Gasteiger partial charge is 0.257 e. The first-order chi connectivity index (χ1) is 14.8. The van der Waals surface area contributed by atoms with Crippen LogP contribution in [-0.4, -0.2) is 40.3 Å². The highest BCUT2D eigenvalue weighted by Gasteiger charge is 2.28. The van der Waals surface area contributed by atoms with Crippen LogP contribution >= 0.6 is 0 Å². The summed E-state index contributed by atoms with van der Waals surface area (Å²) in [4.78, 5) is 31.5. The molecule has 0 bridgehead atoms. The van der Waals surface area contributed by atoms with Crippen LogP contribution in [0.2, 0.25) is 0 Å². The van der Waals surface area contributed by atoms with E-state index in [2.05, 4.69) is 47.4 Å². The third kappa shape index (κ3) is 6.62. The first kappa shape index (κ1) is 22.9. The molecule has 1 saturated heterocycles. The molecule has 6 heteroatoms. The fourth-order valence-electron chi connectivity index (χ4n) is 3.77. The van der Waals surface area contributed by atoms with Crippen molar-refractivity contribution in [3.63, 3.8) is 0 Å². The number of rotatable bonds is 7. The van der Waals surface area contributed by atoms with E-state index in [1.165, 1.54) is 0 Å². The second-order valence-corrected chi connectivity index (χ2v) is 9.18. The van der Waals surface area contributed by atoms with Gasteiger partial charge in [0.2, 0.25) is 5.91 Å². The quantitative estimate of drug-likeness (QED) is 0.703. The summed E-state index contributed by atoms with van der Waals surface area (Å²) in [5.74, 6) is 0.118. The molecule has 1 aromatic carbocycles. The number of carbonyl (C=O) groups excluding carboxylic acids is 2. The number of hydrogen-bond donors (Lipinski definition) is 2. The summed E-state index contributed by atoms with van der Waals surface area (Å²) >= 11 is 0. The lowest BCUT2D eigenvalue weighted by atomic mass is 9.93. The van der Waals surface area contributed by atoms with Crippen LogP contribution in [0.15, 0.2) is 42.7 Å². The topological polar surface area (TPSA) is 74.3 Å². The summed E-state index contributed by atoms with van der Waals surface area (Å²) in [5.41, 5.74) is 3.29. The van der Waals surface area contributed by atoms with Crippen LogP contribution in [0.3, 0.4) is 0 Å². The van der Waals surface area contributed by atoms with Gasteiger partial charge in [-0.2, -0.15) is 0 Å². The molecule has 1 aliphatic rings. The third-order valence-corrected chi connectivity index (χ3v) is 6.03. The van der Waals surface area contributed by atoms with E-state index >= 15 is 0 Å². The van der Waals surface area contributed by atoms with Crippen LogP contribution in [0.4, 0.5) is 5.69 Å². The Morgan fingerprint density at radius 1 is 1.16 bits per heavy atom. The van der Waals surface area contributed by atoms with E-state index in [9.17, 15) is 9.59 Å². The standard InChI is InChI=1S/C25H34N4O2/c1-5-25(3,4)28-24(31)20-9-11-29(12-10-20)17-19-7-6-8-22(14-19)27-23(30)21-13-18(2)15-26-16-21/h6-8,13-16,20H,5,9-12,17H2,1-4H3,(H,27,30)(H,28,31). The molecular formula is C25H34N4O2. The van der Waals surface area contributed by atoms with Gasteiger partial charge in [0.25, 0.3) is 5.91 Å². The second-order valence-electron chi connectivity index (χ2n) is 9.18. The summed E-state index contributed by atoms with van der Waals surface area (Å²) in [6, 6.07) is 9.79. The van der Waals surface area contributed by atoms with Crippen molar-refractivity contribution in [1.82, 2.24) is 15.2 Å². The summed E-state index contributed by atoms with van der Waals surface area (Å²) in [6.07, 6.45) is 5.98. The summed E-state index contributed by atoms with van der Waals surface area (Å²) in [7, 11) is 0. The first-order valence-corrected chi connectivity index (χ1v) is 11.1. The van der Waals surface area contributed by atoms with Crippen molar-refractivity contribution in [2.75, 3.05) is 18.4 Å². The lowest BCUT2D eigenvalue weighted by Gasteiger charge is -2.33. The maximum atomic E-state index is 12.5. The second kappa shape index (κ2) is 10.1. The monoisotopic (exact) mass is 422 g/mol. The molecule has 0 unspecified atom stereocenters. The molecule has 2 N–H and O–H groups in total. The average Bonchev–Trinajstić information content (AvgIpc) is 2.74. The zero-order valence-corrected chi connectivity index (χ0v) is 19.1. The number of benzene rings is 1. The molecule has 0 saturated carbocycles. The van der Waals surface area contributed by atoms with Crippen LogP contribution in [0, 0.1) is 12.8 Å². The molecule has 3 rings (SSSR count). The van der Waals surface area contributed by atoms with Gasteiger partial charge in [0.1, 0.15) is 0 Å². The number of amides is 2. The Morgan fingerprint density at radius 3 is 2.58 bits per heavy atom. The molecule has 0 spiro atoms. The van der Waals surface area contributed by atoms with Crippen LogP contribution in [0.25, 0.3) is 0 Å². The Kier molecular flexibility index (Phi) is 7.44. The predicted octanol–water partition coefficient (Wildman–Crippen LogP) is 4.16. The van der Waals surface area contributed by atoms with Gasteiger partial charge in [0.05, 0.1) is 5.56 Å². The number of carbonyl (C=O) groups is 2. The Bertz CT molecular complexity index is 917. The Labute approximate surface area is 185 Å². The number of anilines is 1. The minimum atomic E-state index is -0.157. The lowest BCUT2D eigenvalue weighted by Crippen LogP contribution is -2.48. The Balaban J connectivity index is 1.52. The van der Waals surface area contributed by atoms with Crippen molar-refractivity contribution in [3.05, 3.63) is 59.4 Å². The first-order valence-electron chi connectivity index (χ1n) is 11.1. The van der Waals surface area contributed by atoms with Crippen LogP contribution in [0.5, 0.6) is 0 Å². The van der Waals surface area contributed by atoms with Gasteiger partial charge in [0.15, 0.2) is 0 Å². The van der Waals surface area contributed by atoms with E-state index in [0.717, 1.165) is 55.7 Å². The van der Waals surface area contributed by atoms with Gasteiger partial charge in [0, 0.05) is 36.1 Å². The highest BCUT2D eigenvalue weighted by Crippen LogP contribution is 2.22. The van der Waals surface area contributed by atoms with Gasteiger partial charge in [-0.1, -0.05) is 19.1 Å². The van der Waals surface area contributed by atoms with E-state index in [0.29, 0.717) is 5.56 Å². The third-order valence-electron chi connectivity index (χ3n) is 6.03. The Hall–Kier alpha value is -2.73. The molecule has 0 radical (unpaired) electrons. The van der Waals surface area contributed by atoms with Crippen molar-refractivity contribution >= 4 is 17.5 Å². The van der Waals surface area contributed by atoms with E-state index in [4.69, 9.17) is 0 Å². The highest BCUT2D eigenvalue weighted by molar-refractivity contribution is 6.04.